The van der Waals surface area contributed by atoms with Crippen LogP contribution in [0.25, 0.3) is 0 Å². The quantitative estimate of drug-likeness (QED) is 0.761. The summed E-state index contributed by atoms with van der Waals surface area (Å²) in [6, 6.07) is 13.0. The second-order valence-electron chi connectivity index (χ2n) is 7.77. The van der Waals surface area contributed by atoms with Crippen molar-refractivity contribution in [3.8, 4) is 11.5 Å². The summed E-state index contributed by atoms with van der Waals surface area (Å²) >= 11 is 0. The predicted octanol–water partition coefficient (Wildman–Crippen LogP) is 3.50. The molecule has 2 aromatic rings. The number of carbonyl (C=O) groups is 2. The lowest BCUT2D eigenvalue weighted by atomic mass is 10.0. The van der Waals surface area contributed by atoms with Crippen molar-refractivity contribution >= 4 is 11.8 Å². The largest absolute Gasteiger partial charge is 0.493 e. The van der Waals surface area contributed by atoms with Gasteiger partial charge in [-0.25, -0.2) is 0 Å². The summed E-state index contributed by atoms with van der Waals surface area (Å²) in [5.41, 5.74) is 2.58. The number of hydrogen-bond donors (Lipinski definition) is 1. The lowest BCUT2D eigenvalue weighted by Crippen LogP contribution is -2.32. The number of nitrogens with zero attached hydrogens (tertiary/aromatic N) is 1. The van der Waals surface area contributed by atoms with Crippen molar-refractivity contribution in [3.05, 3.63) is 59.2 Å². The molecule has 2 aliphatic heterocycles. The van der Waals surface area contributed by atoms with Crippen molar-refractivity contribution in [1.29, 1.82) is 0 Å². The van der Waals surface area contributed by atoms with Gasteiger partial charge in [0.15, 0.2) is 6.61 Å². The third-order valence-electron chi connectivity index (χ3n) is 5.77. The Balaban J connectivity index is 1.45. The molecule has 30 heavy (non-hydrogen) atoms. The summed E-state index contributed by atoms with van der Waals surface area (Å²) < 4.78 is 11.4. The molecule has 1 N–H and O–H groups in total. The van der Waals surface area contributed by atoms with Crippen LogP contribution < -0.4 is 14.8 Å². The molecule has 158 valence electrons. The topological polar surface area (TPSA) is 67.9 Å². The Morgan fingerprint density at radius 3 is 2.77 bits per heavy atom. The molecule has 2 aliphatic rings. The van der Waals surface area contributed by atoms with E-state index in [0.717, 1.165) is 49.2 Å². The number of hydrogen-bond acceptors (Lipinski definition) is 4. The van der Waals surface area contributed by atoms with Gasteiger partial charge in [-0.05, 0) is 49.1 Å². The Morgan fingerprint density at radius 2 is 1.97 bits per heavy atom. The molecule has 0 radical (unpaired) electrons. The van der Waals surface area contributed by atoms with Crippen molar-refractivity contribution < 1.29 is 19.1 Å². The van der Waals surface area contributed by atoms with Gasteiger partial charge in [-0.3, -0.25) is 9.59 Å². The molecular weight excluding hydrogens is 380 g/mol. The van der Waals surface area contributed by atoms with E-state index in [2.05, 4.69) is 5.32 Å². The monoisotopic (exact) mass is 408 g/mol. The highest BCUT2D eigenvalue weighted by atomic mass is 16.5. The molecule has 4 rings (SSSR count). The number of carbonyl (C=O) groups excluding carboxylic acids is 2. The summed E-state index contributed by atoms with van der Waals surface area (Å²) in [4.78, 5) is 27.1. The van der Waals surface area contributed by atoms with Gasteiger partial charge in [0.05, 0.1) is 12.6 Å². The van der Waals surface area contributed by atoms with Crippen LogP contribution in [0.5, 0.6) is 11.5 Å². The molecule has 2 amide bonds. The minimum absolute atomic E-state index is 0.0137. The minimum Gasteiger partial charge on any atom is -0.493 e. The number of ether oxygens (including phenoxy) is 2. The van der Waals surface area contributed by atoms with Gasteiger partial charge < -0.3 is 19.7 Å². The zero-order valence-corrected chi connectivity index (χ0v) is 17.4. The maximum Gasteiger partial charge on any atom is 0.260 e. The second kappa shape index (κ2) is 9.20. The van der Waals surface area contributed by atoms with Crippen LogP contribution in [0.3, 0.4) is 0 Å². The van der Waals surface area contributed by atoms with Gasteiger partial charge in [-0.1, -0.05) is 25.1 Å². The van der Waals surface area contributed by atoms with Gasteiger partial charge in [0.2, 0.25) is 0 Å². The molecule has 0 saturated carbocycles. The van der Waals surface area contributed by atoms with Crippen LogP contribution in [0.1, 0.15) is 53.7 Å². The maximum atomic E-state index is 12.9. The van der Waals surface area contributed by atoms with Crippen molar-refractivity contribution in [1.82, 2.24) is 10.2 Å². The average molecular weight is 408 g/mol. The zero-order chi connectivity index (χ0) is 20.9. The number of fused-ring (bicyclic) bond motifs is 1. The predicted molar refractivity (Wildman–Crippen MR) is 114 cm³/mol. The number of amides is 2. The van der Waals surface area contributed by atoms with E-state index in [1.165, 1.54) is 0 Å². The van der Waals surface area contributed by atoms with Gasteiger partial charge in [-0.15, -0.1) is 0 Å². The van der Waals surface area contributed by atoms with Crippen molar-refractivity contribution in [2.45, 2.75) is 38.6 Å². The molecule has 0 bridgehead atoms. The first-order chi connectivity index (χ1) is 14.7. The highest BCUT2D eigenvalue weighted by Crippen LogP contribution is 2.29. The molecule has 1 atom stereocenters. The molecule has 6 nitrogen and oxygen atoms in total. The van der Waals surface area contributed by atoms with E-state index in [-0.39, 0.29) is 24.5 Å². The van der Waals surface area contributed by atoms with Crippen LogP contribution in [0, 0.1) is 0 Å². The van der Waals surface area contributed by atoms with Crippen molar-refractivity contribution in [3.63, 3.8) is 0 Å². The molecule has 1 saturated heterocycles. The molecule has 0 spiro atoms. The number of nitrogens with one attached hydrogen (secondary N) is 1. The molecule has 1 unspecified atom stereocenters. The number of likely N-dealkylation sites (tertiary alicyclic amines) is 1. The van der Waals surface area contributed by atoms with Gasteiger partial charge >= 0.3 is 0 Å². The smallest absolute Gasteiger partial charge is 0.260 e. The third kappa shape index (κ3) is 4.42. The van der Waals surface area contributed by atoms with E-state index >= 15 is 0 Å². The van der Waals surface area contributed by atoms with Gasteiger partial charge in [0, 0.05) is 30.6 Å². The average Bonchev–Trinajstić information content (AvgIpc) is 3.47. The fraction of sp³-hybridized carbons (Fsp3) is 0.417. The van der Waals surface area contributed by atoms with Crippen molar-refractivity contribution in [2.24, 2.45) is 0 Å². The highest BCUT2D eigenvalue weighted by Gasteiger charge is 2.22. The summed E-state index contributed by atoms with van der Waals surface area (Å²) in [7, 11) is 0. The van der Waals surface area contributed by atoms with E-state index in [4.69, 9.17) is 9.47 Å². The molecule has 0 aliphatic carbocycles. The van der Waals surface area contributed by atoms with Crippen molar-refractivity contribution in [2.75, 3.05) is 26.3 Å². The molecule has 2 aromatic carbocycles. The Morgan fingerprint density at radius 1 is 1.17 bits per heavy atom. The summed E-state index contributed by atoms with van der Waals surface area (Å²) in [5, 5.41) is 3.12. The Bertz CT molecular complexity index is 921. The minimum atomic E-state index is -0.208. The SMILES string of the molecule is CCC(NC(=O)c1ccc2c(c1)CCO2)c1ccccc1OCC(=O)N1CCCC1. The van der Waals surface area contributed by atoms with Crippen LogP contribution in [-0.4, -0.2) is 43.0 Å². The van der Waals surface area contributed by atoms with Gasteiger partial charge in [0.25, 0.3) is 11.8 Å². The maximum absolute atomic E-state index is 12.9. The van der Waals surface area contributed by atoms with Gasteiger partial charge in [0.1, 0.15) is 11.5 Å². The van der Waals surface area contributed by atoms with Crippen LogP contribution in [0.2, 0.25) is 0 Å². The number of rotatable bonds is 7. The third-order valence-corrected chi connectivity index (χ3v) is 5.77. The lowest BCUT2D eigenvalue weighted by Gasteiger charge is -2.22. The van der Waals surface area contributed by atoms with E-state index < -0.39 is 0 Å². The van der Waals surface area contributed by atoms with Crippen LogP contribution >= 0.6 is 0 Å². The highest BCUT2D eigenvalue weighted by molar-refractivity contribution is 5.95. The Labute approximate surface area is 177 Å². The lowest BCUT2D eigenvalue weighted by molar-refractivity contribution is -0.132. The molecule has 2 heterocycles. The van der Waals surface area contributed by atoms with E-state index in [1.807, 2.05) is 48.2 Å². The second-order valence-corrected chi connectivity index (χ2v) is 7.77. The fourth-order valence-corrected chi connectivity index (χ4v) is 4.07. The summed E-state index contributed by atoms with van der Waals surface area (Å²) in [5.74, 6) is 1.39. The summed E-state index contributed by atoms with van der Waals surface area (Å²) in [6.07, 6.45) is 3.65. The van der Waals surface area contributed by atoms with Crippen LogP contribution in [-0.2, 0) is 11.2 Å². The zero-order valence-electron chi connectivity index (χ0n) is 17.4. The van der Waals surface area contributed by atoms with E-state index in [0.29, 0.717) is 24.3 Å². The molecular formula is C24H28N2O4. The first-order valence-corrected chi connectivity index (χ1v) is 10.7. The Hall–Kier alpha value is -3.02. The van der Waals surface area contributed by atoms with E-state index in [9.17, 15) is 9.59 Å². The molecule has 0 aromatic heterocycles. The first kappa shape index (κ1) is 20.3. The first-order valence-electron chi connectivity index (χ1n) is 10.7. The molecule has 1 fully saturated rings. The Kier molecular flexibility index (Phi) is 6.21. The number of para-hydroxylation sites is 1. The van der Waals surface area contributed by atoms with Crippen LogP contribution in [0.15, 0.2) is 42.5 Å². The normalized spacial score (nSPS) is 16.0. The van der Waals surface area contributed by atoms with E-state index in [1.54, 1.807) is 6.07 Å². The number of benzene rings is 2. The standard InChI is InChI=1S/C24H28N2O4/c1-2-20(25-24(28)18-9-10-21-17(15-18)11-14-29-21)19-7-3-4-8-22(19)30-16-23(27)26-12-5-6-13-26/h3-4,7-10,15,20H,2,5-6,11-14,16H2,1H3,(H,25,28). The fourth-order valence-electron chi connectivity index (χ4n) is 4.07. The van der Waals surface area contributed by atoms with Crippen LogP contribution in [0.4, 0.5) is 0 Å². The van der Waals surface area contributed by atoms with Gasteiger partial charge in [-0.2, -0.15) is 0 Å². The summed E-state index contributed by atoms with van der Waals surface area (Å²) in [6.45, 7) is 4.32. The molecule has 6 heteroatoms.